The summed E-state index contributed by atoms with van der Waals surface area (Å²) in [6, 6.07) is 1.99. The highest BCUT2D eigenvalue weighted by molar-refractivity contribution is 8.13. The summed E-state index contributed by atoms with van der Waals surface area (Å²) < 4.78 is 26.5. The Balaban J connectivity index is 3.43. The Bertz CT molecular complexity index is 500. The van der Waals surface area contributed by atoms with Crippen LogP contribution < -0.4 is 4.74 Å². The molecule has 0 radical (unpaired) electrons. The van der Waals surface area contributed by atoms with Gasteiger partial charge in [0, 0.05) is 16.7 Å². The fourth-order valence-electron chi connectivity index (χ4n) is 0.804. The Morgan fingerprint density at radius 1 is 1.53 bits per heavy atom. The molecule has 0 saturated heterocycles. The van der Waals surface area contributed by atoms with Gasteiger partial charge in [0.2, 0.25) is 0 Å². The van der Waals surface area contributed by atoms with E-state index in [2.05, 4.69) is 9.72 Å². The topological polar surface area (TPSA) is 99.4 Å². The maximum Gasteiger partial charge on any atom is 0.368 e. The van der Waals surface area contributed by atoms with Crippen molar-refractivity contribution in [3.63, 3.8) is 0 Å². The summed E-state index contributed by atoms with van der Waals surface area (Å²) in [6.07, 6.45) is 0. The molecule has 15 heavy (non-hydrogen) atoms. The third kappa shape index (κ3) is 2.77. The summed E-state index contributed by atoms with van der Waals surface area (Å²) in [5.41, 5.74) is 0. The fourth-order valence-corrected chi connectivity index (χ4v) is 1.50. The van der Waals surface area contributed by atoms with E-state index in [0.29, 0.717) is 0 Å². The Morgan fingerprint density at radius 2 is 2.13 bits per heavy atom. The normalized spacial score (nSPS) is 11.1. The van der Waals surface area contributed by atoms with Crippen molar-refractivity contribution in [3.05, 3.63) is 22.2 Å². The van der Waals surface area contributed by atoms with Gasteiger partial charge in [-0.15, -0.1) is 0 Å². The van der Waals surface area contributed by atoms with Crippen molar-refractivity contribution in [2.45, 2.75) is 5.03 Å². The molecule has 1 aromatic heterocycles. The van der Waals surface area contributed by atoms with E-state index >= 15 is 0 Å². The standard InChI is InChI=1S/C6H5ClN2O5S/c1-14-4-2-5(9(10)11)8-6(3-4)15(7,12)13/h2-3H,1H3. The Kier molecular flexibility index (Phi) is 3.10. The van der Waals surface area contributed by atoms with E-state index in [1.807, 2.05) is 0 Å². The van der Waals surface area contributed by atoms with Crippen LogP contribution in [-0.2, 0) is 9.05 Å². The summed E-state index contributed by atoms with van der Waals surface area (Å²) in [7, 11) is 2.12. The molecule has 0 amide bonds. The summed E-state index contributed by atoms with van der Waals surface area (Å²) in [6.45, 7) is 0. The number of ether oxygens (including phenoxy) is 1. The van der Waals surface area contributed by atoms with Gasteiger partial charge in [-0.3, -0.25) is 0 Å². The highest BCUT2D eigenvalue weighted by Gasteiger charge is 2.23. The van der Waals surface area contributed by atoms with Crippen LogP contribution in [0.4, 0.5) is 5.82 Å². The fraction of sp³-hybridized carbons (Fsp3) is 0.167. The van der Waals surface area contributed by atoms with Crippen molar-refractivity contribution >= 4 is 25.6 Å². The van der Waals surface area contributed by atoms with Crippen LogP contribution in [0.5, 0.6) is 5.75 Å². The number of hydrogen-bond acceptors (Lipinski definition) is 6. The number of aromatic nitrogens is 1. The minimum absolute atomic E-state index is 0.00377. The lowest BCUT2D eigenvalue weighted by molar-refractivity contribution is -0.390. The zero-order valence-electron chi connectivity index (χ0n) is 7.38. The molecule has 0 fully saturated rings. The predicted octanol–water partition coefficient (Wildman–Crippen LogP) is 0.926. The van der Waals surface area contributed by atoms with Gasteiger partial charge in [-0.1, -0.05) is 0 Å². The van der Waals surface area contributed by atoms with Crippen molar-refractivity contribution in [1.82, 2.24) is 4.98 Å². The second-order valence-electron chi connectivity index (χ2n) is 2.40. The first kappa shape index (κ1) is 11.7. The van der Waals surface area contributed by atoms with Crippen molar-refractivity contribution in [2.24, 2.45) is 0 Å². The minimum Gasteiger partial charge on any atom is -0.496 e. The van der Waals surface area contributed by atoms with Crippen LogP contribution in [-0.4, -0.2) is 25.4 Å². The van der Waals surface area contributed by atoms with Crippen molar-refractivity contribution in [1.29, 1.82) is 0 Å². The van der Waals surface area contributed by atoms with Crippen molar-refractivity contribution < 1.29 is 18.1 Å². The number of nitrogens with zero attached hydrogens (tertiary/aromatic N) is 2. The number of rotatable bonds is 3. The summed E-state index contributed by atoms with van der Waals surface area (Å²) >= 11 is 0. The second kappa shape index (κ2) is 3.99. The second-order valence-corrected chi connectivity index (χ2v) is 4.91. The molecule has 0 aromatic carbocycles. The van der Waals surface area contributed by atoms with Crippen LogP contribution in [0.3, 0.4) is 0 Å². The molecule has 0 unspecified atom stereocenters. The third-order valence-corrected chi connectivity index (χ3v) is 2.62. The number of methoxy groups -OCH3 is 1. The maximum atomic E-state index is 10.9. The molecule has 9 heteroatoms. The zero-order chi connectivity index (χ0) is 11.6. The predicted molar refractivity (Wildman–Crippen MR) is 50.5 cm³/mol. The van der Waals surface area contributed by atoms with Crippen molar-refractivity contribution in [2.75, 3.05) is 7.11 Å². The van der Waals surface area contributed by atoms with Gasteiger partial charge >= 0.3 is 14.9 Å². The van der Waals surface area contributed by atoms with Crippen LogP contribution in [0.2, 0.25) is 0 Å². The highest BCUT2D eigenvalue weighted by Crippen LogP contribution is 2.23. The van der Waals surface area contributed by atoms with E-state index in [9.17, 15) is 18.5 Å². The van der Waals surface area contributed by atoms with Gasteiger partial charge in [-0.05, 0) is 9.91 Å². The summed E-state index contributed by atoms with van der Waals surface area (Å²) in [4.78, 5) is 12.8. The van der Waals surface area contributed by atoms with Gasteiger partial charge in [0.05, 0.1) is 13.2 Å². The molecule has 1 rings (SSSR count). The number of halogens is 1. The van der Waals surface area contributed by atoms with Crippen LogP contribution in [0.25, 0.3) is 0 Å². The quantitative estimate of drug-likeness (QED) is 0.451. The molecule has 1 aromatic rings. The van der Waals surface area contributed by atoms with E-state index < -0.39 is 24.8 Å². The molecule has 0 aliphatic rings. The molecule has 0 aliphatic carbocycles. The van der Waals surface area contributed by atoms with Gasteiger partial charge in [0.1, 0.15) is 5.75 Å². The maximum absolute atomic E-state index is 10.9. The Labute approximate surface area is 89.2 Å². The molecule has 0 atom stereocenters. The van der Waals surface area contributed by atoms with Gasteiger partial charge < -0.3 is 14.9 Å². The monoisotopic (exact) mass is 252 g/mol. The van der Waals surface area contributed by atoms with Crippen LogP contribution >= 0.6 is 10.7 Å². The van der Waals surface area contributed by atoms with E-state index in [1.165, 1.54) is 7.11 Å². The van der Waals surface area contributed by atoms with E-state index in [-0.39, 0.29) is 5.75 Å². The average molecular weight is 253 g/mol. The Hall–Kier alpha value is -1.41. The first-order valence-electron chi connectivity index (χ1n) is 3.49. The molecule has 0 saturated carbocycles. The number of nitro groups is 1. The van der Waals surface area contributed by atoms with Gasteiger partial charge in [0.15, 0.2) is 0 Å². The lowest BCUT2D eigenvalue weighted by Gasteiger charge is -1.99. The SMILES string of the molecule is COc1cc([N+](=O)[O-])nc(S(=O)(=O)Cl)c1. The molecule has 0 bridgehead atoms. The molecule has 0 aliphatic heterocycles. The lowest BCUT2D eigenvalue weighted by Crippen LogP contribution is -2.00. The van der Waals surface area contributed by atoms with Crippen LogP contribution in [0.1, 0.15) is 0 Å². The van der Waals surface area contributed by atoms with E-state index in [0.717, 1.165) is 12.1 Å². The third-order valence-electron chi connectivity index (χ3n) is 1.43. The largest absolute Gasteiger partial charge is 0.496 e. The molecule has 7 nitrogen and oxygen atoms in total. The minimum atomic E-state index is -4.11. The van der Waals surface area contributed by atoms with Gasteiger partial charge in [-0.2, -0.15) is 0 Å². The zero-order valence-corrected chi connectivity index (χ0v) is 8.95. The molecule has 1 heterocycles. The first-order valence-corrected chi connectivity index (χ1v) is 5.80. The molecule has 82 valence electrons. The summed E-state index contributed by atoms with van der Waals surface area (Å²) in [5, 5.41) is 9.78. The molecular formula is C6H5ClN2O5S. The number of pyridine rings is 1. The first-order chi connectivity index (χ1) is 6.84. The van der Waals surface area contributed by atoms with E-state index in [1.54, 1.807) is 0 Å². The average Bonchev–Trinajstić information content (AvgIpc) is 2.15. The van der Waals surface area contributed by atoms with Gasteiger partial charge in [0.25, 0.3) is 5.03 Å². The van der Waals surface area contributed by atoms with Gasteiger partial charge in [-0.25, -0.2) is 8.42 Å². The molecular weight excluding hydrogens is 248 g/mol. The Morgan fingerprint density at radius 3 is 2.53 bits per heavy atom. The summed E-state index contributed by atoms with van der Waals surface area (Å²) in [5.74, 6) is -0.649. The van der Waals surface area contributed by atoms with Crippen LogP contribution in [0, 0.1) is 10.1 Å². The highest BCUT2D eigenvalue weighted by atomic mass is 35.7. The lowest BCUT2D eigenvalue weighted by atomic mass is 10.4. The smallest absolute Gasteiger partial charge is 0.368 e. The van der Waals surface area contributed by atoms with Crippen LogP contribution in [0.15, 0.2) is 17.2 Å². The molecule has 0 spiro atoms. The van der Waals surface area contributed by atoms with Crippen molar-refractivity contribution in [3.8, 4) is 5.75 Å². The number of hydrogen-bond donors (Lipinski definition) is 0. The van der Waals surface area contributed by atoms with E-state index in [4.69, 9.17) is 10.7 Å². The molecule has 0 N–H and O–H groups in total.